The molecule has 0 radical (unpaired) electrons. The normalized spacial score (nSPS) is 12.4. The third-order valence-electron chi connectivity index (χ3n) is 2.87. The second-order valence-corrected chi connectivity index (χ2v) is 5.34. The molecule has 0 spiro atoms. The van der Waals surface area contributed by atoms with E-state index >= 15 is 0 Å². The molecule has 0 bridgehead atoms. The molecule has 2 aromatic rings. The fourth-order valence-electron chi connectivity index (χ4n) is 1.95. The van der Waals surface area contributed by atoms with Crippen molar-refractivity contribution in [2.45, 2.75) is 19.5 Å². The van der Waals surface area contributed by atoms with Crippen LogP contribution in [-0.2, 0) is 6.54 Å². The lowest BCUT2D eigenvalue weighted by atomic mass is 10.1. The van der Waals surface area contributed by atoms with Crippen LogP contribution in [0.15, 0.2) is 45.5 Å². The minimum absolute atomic E-state index is 0.00662. The minimum Gasteiger partial charge on any atom is -0.467 e. The van der Waals surface area contributed by atoms with Crippen molar-refractivity contribution in [3.8, 4) is 0 Å². The highest BCUT2D eigenvalue weighted by atomic mass is 79.9. The first-order chi connectivity index (χ1) is 8.58. The molecule has 2 rings (SSSR count). The summed E-state index contributed by atoms with van der Waals surface area (Å²) < 4.78 is 6.42. The summed E-state index contributed by atoms with van der Waals surface area (Å²) in [6.07, 6.45) is 1.69. The molecule has 1 unspecified atom stereocenters. The fraction of sp³-hybridized carbons (Fsp3) is 0.286. The molecule has 0 fully saturated rings. The van der Waals surface area contributed by atoms with Crippen molar-refractivity contribution in [2.24, 2.45) is 5.73 Å². The number of nitrogens with zero attached hydrogens (tertiary/aromatic N) is 1. The van der Waals surface area contributed by atoms with E-state index in [-0.39, 0.29) is 6.04 Å². The van der Waals surface area contributed by atoms with Crippen molar-refractivity contribution >= 4 is 21.6 Å². The Balaban J connectivity index is 2.28. The Labute approximate surface area is 116 Å². The number of anilines is 1. The molecule has 0 saturated heterocycles. The summed E-state index contributed by atoms with van der Waals surface area (Å²) in [5.41, 5.74) is 8.26. The molecular formula is C14H17BrN2O. The second-order valence-electron chi connectivity index (χ2n) is 4.43. The smallest absolute Gasteiger partial charge is 0.123 e. The number of hydrogen-bond donors (Lipinski definition) is 1. The average Bonchev–Trinajstić information content (AvgIpc) is 2.81. The molecule has 1 atom stereocenters. The van der Waals surface area contributed by atoms with Crippen molar-refractivity contribution in [3.63, 3.8) is 0 Å². The van der Waals surface area contributed by atoms with Gasteiger partial charge in [-0.3, -0.25) is 0 Å². The van der Waals surface area contributed by atoms with Gasteiger partial charge in [-0.05, 0) is 36.8 Å². The predicted molar refractivity (Wildman–Crippen MR) is 77.6 cm³/mol. The van der Waals surface area contributed by atoms with E-state index in [1.807, 2.05) is 32.2 Å². The van der Waals surface area contributed by atoms with Crippen molar-refractivity contribution in [1.29, 1.82) is 0 Å². The van der Waals surface area contributed by atoms with E-state index in [0.717, 1.165) is 28.0 Å². The lowest BCUT2D eigenvalue weighted by Crippen LogP contribution is -2.20. The Morgan fingerprint density at radius 1 is 1.39 bits per heavy atom. The molecule has 0 amide bonds. The highest BCUT2D eigenvalue weighted by Gasteiger charge is 2.12. The molecule has 3 nitrogen and oxygen atoms in total. The van der Waals surface area contributed by atoms with Gasteiger partial charge in [0.1, 0.15) is 5.76 Å². The summed E-state index contributed by atoms with van der Waals surface area (Å²) in [7, 11) is 2.04. The monoisotopic (exact) mass is 308 g/mol. The van der Waals surface area contributed by atoms with Crippen LogP contribution in [0.2, 0.25) is 0 Å². The van der Waals surface area contributed by atoms with Gasteiger partial charge in [0, 0.05) is 23.2 Å². The Bertz CT molecular complexity index is 509. The van der Waals surface area contributed by atoms with Crippen LogP contribution >= 0.6 is 15.9 Å². The van der Waals surface area contributed by atoms with Crippen LogP contribution in [0, 0.1) is 0 Å². The van der Waals surface area contributed by atoms with Crippen molar-refractivity contribution < 1.29 is 4.42 Å². The predicted octanol–water partition coefficient (Wildman–Crippen LogP) is 3.70. The van der Waals surface area contributed by atoms with Gasteiger partial charge in [-0.25, -0.2) is 0 Å². The summed E-state index contributed by atoms with van der Waals surface area (Å²) in [6.45, 7) is 2.72. The van der Waals surface area contributed by atoms with Gasteiger partial charge in [-0.1, -0.05) is 22.0 Å². The first kappa shape index (κ1) is 13.2. The van der Waals surface area contributed by atoms with Crippen LogP contribution in [0.25, 0.3) is 0 Å². The average molecular weight is 309 g/mol. The number of halogens is 1. The summed E-state index contributed by atoms with van der Waals surface area (Å²) in [5.74, 6) is 0.938. The van der Waals surface area contributed by atoms with E-state index in [0.29, 0.717) is 0 Å². The minimum atomic E-state index is 0.00662. The summed E-state index contributed by atoms with van der Waals surface area (Å²) in [6, 6.07) is 10.0. The Hall–Kier alpha value is -1.26. The van der Waals surface area contributed by atoms with Crippen molar-refractivity contribution in [3.05, 3.63) is 52.4 Å². The van der Waals surface area contributed by atoms with Crippen LogP contribution < -0.4 is 10.6 Å². The molecule has 2 N–H and O–H groups in total. The zero-order chi connectivity index (χ0) is 13.1. The largest absolute Gasteiger partial charge is 0.467 e. The van der Waals surface area contributed by atoms with Crippen LogP contribution in [0.3, 0.4) is 0 Å². The molecule has 4 heteroatoms. The molecule has 0 aliphatic heterocycles. The van der Waals surface area contributed by atoms with Gasteiger partial charge in [0.05, 0.1) is 12.8 Å². The fourth-order valence-corrected chi connectivity index (χ4v) is 2.30. The van der Waals surface area contributed by atoms with E-state index in [4.69, 9.17) is 10.2 Å². The summed E-state index contributed by atoms with van der Waals surface area (Å²) in [4.78, 5) is 2.14. The zero-order valence-corrected chi connectivity index (χ0v) is 12.1. The highest BCUT2D eigenvalue weighted by Crippen LogP contribution is 2.29. The molecule has 0 aliphatic carbocycles. The molecular weight excluding hydrogens is 292 g/mol. The SMILES string of the molecule is CC(N)c1ccc(Br)cc1N(C)Cc1ccco1. The van der Waals surface area contributed by atoms with E-state index in [1.54, 1.807) is 6.26 Å². The third-order valence-corrected chi connectivity index (χ3v) is 3.36. The van der Waals surface area contributed by atoms with Gasteiger partial charge in [0.25, 0.3) is 0 Å². The van der Waals surface area contributed by atoms with Crippen LogP contribution in [-0.4, -0.2) is 7.05 Å². The third kappa shape index (κ3) is 2.94. The van der Waals surface area contributed by atoms with Gasteiger partial charge in [-0.2, -0.15) is 0 Å². The van der Waals surface area contributed by atoms with Gasteiger partial charge in [0.2, 0.25) is 0 Å². The molecule has 0 saturated carbocycles. The van der Waals surface area contributed by atoms with Gasteiger partial charge >= 0.3 is 0 Å². The van der Waals surface area contributed by atoms with E-state index in [9.17, 15) is 0 Å². The maximum absolute atomic E-state index is 6.01. The van der Waals surface area contributed by atoms with E-state index in [2.05, 4.69) is 33.0 Å². The number of rotatable bonds is 4. The number of benzene rings is 1. The van der Waals surface area contributed by atoms with E-state index < -0.39 is 0 Å². The van der Waals surface area contributed by atoms with Crippen molar-refractivity contribution in [1.82, 2.24) is 0 Å². The van der Waals surface area contributed by atoms with E-state index in [1.165, 1.54) is 0 Å². The van der Waals surface area contributed by atoms with Gasteiger partial charge in [-0.15, -0.1) is 0 Å². The Kier molecular flexibility index (Phi) is 4.09. The maximum atomic E-state index is 6.01. The number of nitrogens with two attached hydrogens (primary N) is 1. The summed E-state index contributed by atoms with van der Waals surface area (Å²) in [5, 5.41) is 0. The zero-order valence-electron chi connectivity index (χ0n) is 10.6. The molecule has 1 aromatic carbocycles. The molecule has 96 valence electrons. The molecule has 18 heavy (non-hydrogen) atoms. The standard InChI is InChI=1S/C14H17BrN2O/c1-10(16)13-6-5-11(15)8-14(13)17(2)9-12-4-3-7-18-12/h3-8,10H,9,16H2,1-2H3. The lowest BCUT2D eigenvalue weighted by Gasteiger charge is -2.23. The first-order valence-corrected chi connectivity index (χ1v) is 6.66. The second kappa shape index (κ2) is 5.59. The molecule has 0 aliphatic rings. The van der Waals surface area contributed by atoms with Gasteiger partial charge in [0.15, 0.2) is 0 Å². The Morgan fingerprint density at radius 2 is 2.17 bits per heavy atom. The molecule has 1 aromatic heterocycles. The first-order valence-electron chi connectivity index (χ1n) is 5.86. The van der Waals surface area contributed by atoms with Crippen LogP contribution in [0.1, 0.15) is 24.3 Å². The van der Waals surface area contributed by atoms with Gasteiger partial charge < -0.3 is 15.1 Å². The summed E-state index contributed by atoms with van der Waals surface area (Å²) >= 11 is 3.50. The van der Waals surface area contributed by atoms with Crippen molar-refractivity contribution in [2.75, 3.05) is 11.9 Å². The highest BCUT2D eigenvalue weighted by molar-refractivity contribution is 9.10. The Morgan fingerprint density at radius 3 is 2.78 bits per heavy atom. The number of furan rings is 1. The van der Waals surface area contributed by atoms with Crippen LogP contribution in [0.5, 0.6) is 0 Å². The lowest BCUT2D eigenvalue weighted by molar-refractivity contribution is 0.507. The molecule has 1 heterocycles. The van der Waals surface area contributed by atoms with Crippen LogP contribution in [0.4, 0.5) is 5.69 Å². The maximum Gasteiger partial charge on any atom is 0.123 e. The quantitative estimate of drug-likeness (QED) is 0.936. The number of hydrogen-bond acceptors (Lipinski definition) is 3. The topological polar surface area (TPSA) is 42.4 Å².